The number of halogens is 2. The second kappa shape index (κ2) is 3.27. The molecule has 0 N–H and O–H groups in total. The number of hydrogen-bond acceptors (Lipinski definition) is 0. The molecule has 0 aliphatic heterocycles. The van der Waals surface area contributed by atoms with Crippen LogP contribution in [0, 0.1) is 0 Å². The van der Waals surface area contributed by atoms with Crippen molar-refractivity contribution in [1.29, 1.82) is 0 Å². The maximum atomic E-state index is 6.02. The van der Waals surface area contributed by atoms with Crippen LogP contribution in [0.4, 0.5) is 0 Å². The Bertz CT molecular complexity index is 284. The highest BCUT2D eigenvalue weighted by Crippen LogP contribution is 2.31. The summed E-state index contributed by atoms with van der Waals surface area (Å²) in [6.07, 6.45) is 0. The first-order valence-electron chi connectivity index (χ1n) is 3.87. The van der Waals surface area contributed by atoms with Crippen LogP contribution in [-0.2, 0) is 5.41 Å². The van der Waals surface area contributed by atoms with Crippen molar-refractivity contribution in [3.05, 3.63) is 33.8 Å². The lowest BCUT2D eigenvalue weighted by Gasteiger charge is -2.20. The van der Waals surface area contributed by atoms with Crippen LogP contribution in [0.1, 0.15) is 26.3 Å². The van der Waals surface area contributed by atoms with Gasteiger partial charge in [-0.05, 0) is 29.2 Å². The van der Waals surface area contributed by atoms with Gasteiger partial charge in [0.1, 0.15) is 0 Å². The zero-order valence-electron chi connectivity index (χ0n) is 7.49. The van der Waals surface area contributed by atoms with Crippen LogP contribution in [0.2, 0.25) is 10.0 Å². The fourth-order valence-corrected chi connectivity index (χ4v) is 1.65. The lowest BCUT2D eigenvalue weighted by Crippen LogP contribution is -2.11. The topological polar surface area (TPSA) is 0 Å². The third kappa shape index (κ3) is 2.15. The van der Waals surface area contributed by atoms with E-state index >= 15 is 0 Å². The van der Waals surface area contributed by atoms with Gasteiger partial charge in [0.25, 0.3) is 0 Å². The molecule has 0 saturated heterocycles. The molecule has 66 valence electrons. The third-order valence-corrected chi connectivity index (χ3v) is 2.30. The molecule has 1 aromatic carbocycles. The fourth-order valence-electron chi connectivity index (χ4n) is 1.07. The van der Waals surface area contributed by atoms with Gasteiger partial charge in [-0.15, -0.1) is 0 Å². The van der Waals surface area contributed by atoms with Gasteiger partial charge >= 0.3 is 0 Å². The highest BCUT2D eigenvalue weighted by Gasteiger charge is 2.16. The van der Waals surface area contributed by atoms with E-state index in [1.54, 1.807) is 6.07 Å². The van der Waals surface area contributed by atoms with Crippen molar-refractivity contribution in [2.75, 3.05) is 0 Å². The number of rotatable bonds is 0. The van der Waals surface area contributed by atoms with Crippen LogP contribution in [-0.4, -0.2) is 0 Å². The van der Waals surface area contributed by atoms with E-state index in [9.17, 15) is 0 Å². The van der Waals surface area contributed by atoms with E-state index in [2.05, 4.69) is 20.8 Å². The van der Waals surface area contributed by atoms with E-state index in [1.807, 2.05) is 12.1 Å². The van der Waals surface area contributed by atoms with Crippen LogP contribution in [0.5, 0.6) is 0 Å². The highest BCUT2D eigenvalue weighted by molar-refractivity contribution is 6.33. The van der Waals surface area contributed by atoms with Gasteiger partial charge in [-0.2, -0.15) is 0 Å². The molecule has 0 fully saturated rings. The number of benzene rings is 1. The average Bonchev–Trinajstić information content (AvgIpc) is 1.92. The molecule has 0 heterocycles. The zero-order valence-corrected chi connectivity index (χ0v) is 9.00. The molecule has 0 unspecified atom stereocenters. The van der Waals surface area contributed by atoms with Crippen molar-refractivity contribution in [1.82, 2.24) is 0 Å². The summed E-state index contributed by atoms with van der Waals surface area (Å²) in [6.45, 7) is 6.35. The smallest absolute Gasteiger partial charge is 0.0444 e. The first-order valence-corrected chi connectivity index (χ1v) is 4.62. The summed E-state index contributed by atoms with van der Waals surface area (Å²) in [5, 5.41) is 1.52. The van der Waals surface area contributed by atoms with Gasteiger partial charge in [0.2, 0.25) is 0 Å². The van der Waals surface area contributed by atoms with Gasteiger partial charge in [0, 0.05) is 10.0 Å². The summed E-state index contributed by atoms with van der Waals surface area (Å²) in [7, 11) is 0. The molecule has 0 radical (unpaired) electrons. The van der Waals surface area contributed by atoms with Crippen LogP contribution < -0.4 is 0 Å². The molecule has 0 spiro atoms. The summed E-state index contributed by atoms with van der Waals surface area (Å²) in [4.78, 5) is 0. The van der Waals surface area contributed by atoms with Crippen molar-refractivity contribution in [2.24, 2.45) is 0 Å². The maximum absolute atomic E-state index is 6.02. The Morgan fingerprint density at radius 2 is 1.67 bits per heavy atom. The van der Waals surface area contributed by atoms with Crippen LogP contribution >= 0.6 is 23.2 Å². The van der Waals surface area contributed by atoms with Crippen LogP contribution in [0.15, 0.2) is 18.2 Å². The minimum atomic E-state index is 0.0575. The minimum absolute atomic E-state index is 0.0575. The second-order valence-electron chi connectivity index (χ2n) is 3.87. The molecular formula is C10H12Cl2. The summed E-state index contributed by atoms with van der Waals surface area (Å²) in [5.74, 6) is 0. The molecule has 0 nitrogen and oxygen atoms in total. The predicted octanol–water partition coefficient (Wildman–Crippen LogP) is 4.29. The van der Waals surface area contributed by atoms with E-state index in [-0.39, 0.29) is 5.41 Å². The Hall–Kier alpha value is -0.200. The third-order valence-electron chi connectivity index (χ3n) is 1.74. The Balaban J connectivity index is 3.23. The standard InChI is InChI=1S/C10H12Cl2/c1-10(2,3)8-6-7(11)4-5-9(8)12/h4-6H,1-3H3. The van der Waals surface area contributed by atoms with Crippen LogP contribution in [0.3, 0.4) is 0 Å². The fraction of sp³-hybridized carbons (Fsp3) is 0.400. The summed E-state index contributed by atoms with van der Waals surface area (Å²) in [5.41, 5.74) is 1.15. The predicted molar refractivity (Wildman–Crippen MR) is 55.2 cm³/mol. The van der Waals surface area contributed by atoms with Crippen molar-refractivity contribution in [2.45, 2.75) is 26.2 Å². The Morgan fingerprint density at radius 3 is 2.08 bits per heavy atom. The van der Waals surface area contributed by atoms with Gasteiger partial charge in [-0.3, -0.25) is 0 Å². The normalized spacial score (nSPS) is 11.8. The van der Waals surface area contributed by atoms with E-state index < -0.39 is 0 Å². The molecule has 2 heteroatoms. The van der Waals surface area contributed by atoms with Gasteiger partial charge < -0.3 is 0 Å². The Morgan fingerprint density at radius 1 is 1.08 bits per heavy atom. The number of hydrogen-bond donors (Lipinski definition) is 0. The summed E-state index contributed by atoms with van der Waals surface area (Å²) < 4.78 is 0. The SMILES string of the molecule is CC(C)(C)c1cc(Cl)ccc1Cl. The quantitative estimate of drug-likeness (QED) is 0.589. The van der Waals surface area contributed by atoms with Gasteiger partial charge in [-0.25, -0.2) is 0 Å². The monoisotopic (exact) mass is 202 g/mol. The molecule has 0 bridgehead atoms. The van der Waals surface area contributed by atoms with Gasteiger partial charge in [0.15, 0.2) is 0 Å². The van der Waals surface area contributed by atoms with E-state index in [1.165, 1.54) is 0 Å². The largest absolute Gasteiger partial charge is 0.0843 e. The van der Waals surface area contributed by atoms with Crippen molar-refractivity contribution >= 4 is 23.2 Å². The molecule has 0 atom stereocenters. The average molecular weight is 203 g/mol. The Labute approximate surface area is 83.5 Å². The minimum Gasteiger partial charge on any atom is -0.0843 e. The summed E-state index contributed by atoms with van der Waals surface area (Å²) >= 11 is 11.9. The molecule has 0 aliphatic carbocycles. The molecule has 0 aliphatic rings. The Kier molecular flexibility index (Phi) is 2.70. The summed E-state index contributed by atoms with van der Waals surface area (Å²) in [6, 6.07) is 5.56. The van der Waals surface area contributed by atoms with Crippen LogP contribution in [0.25, 0.3) is 0 Å². The molecular weight excluding hydrogens is 191 g/mol. The van der Waals surface area contributed by atoms with Crippen molar-refractivity contribution < 1.29 is 0 Å². The zero-order chi connectivity index (χ0) is 9.35. The first-order chi connectivity index (χ1) is 5.41. The van der Waals surface area contributed by atoms with Crippen molar-refractivity contribution in [3.63, 3.8) is 0 Å². The molecule has 1 aromatic rings. The van der Waals surface area contributed by atoms with E-state index in [4.69, 9.17) is 23.2 Å². The first kappa shape index (κ1) is 9.88. The molecule has 1 rings (SSSR count). The van der Waals surface area contributed by atoms with Gasteiger partial charge in [0.05, 0.1) is 0 Å². The van der Waals surface area contributed by atoms with E-state index in [0.29, 0.717) is 0 Å². The molecule has 0 saturated carbocycles. The second-order valence-corrected chi connectivity index (χ2v) is 4.72. The van der Waals surface area contributed by atoms with E-state index in [0.717, 1.165) is 15.6 Å². The molecule has 12 heavy (non-hydrogen) atoms. The lowest BCUT2D eigenvalue weighted by atomic mass is 9.87. The highest BCUT2D eigenvalue weighted by atomic mass is 35.5. The molecule has 0 aromatic heterocycles. The lowest BCUT2D eigenvalue weighted by molar-refractivity contribution is 0.590. The molecule has 0 amide bonds. The van der Waals surface area contributed by atoms with Crippen molar-refractivity contribution in [3.8, 4) is 0 Å². The van der Waals surface area contributed by atoms with Gasteiger partial charge in [-0.1, -0.05) is 44.0 Å². The maximum Gasteiger partial charge on any atom is 0.0444 e.